The predicted octanol–water partition coefficient (Wildman–Crippen LogP) is 0.840. The molecule has 2 aromatic rings. The van der Waals surface area contributed by atoms with Gasteiger partial charge in [0.2, 0.25) is 11.8 Å². The van der Waals surface area contributed by atoms with E-state index in [0.29, 0.717) is 5.82 Å². The molecule has 1 aromatic heterocycles. The van der Waals surface area contributed by atoms with Gasteiger partial charge < -0.3 is 21.4 Å². The lowest BCUT2D eigenvalue weighted by Gasteiger charge is -2.16. The number of hydrogen-bond acceptors (Lipinski definition) is 4. The van der Waals surface area contributed by atoms with E-state index in [1.807, 2.05) is 45.0 Å². The normalized spacial score (nSPS) is 13.8. The Morgan fingerprint density at radius 1 is 1.26 bits per heavy atom. The van der Waals surface area contributed by atoms with Crippen molar-refractivity contribution in [3.63, 3.8) is 0 Å². The number of fused-ring (bicyclic) bond motifs is 1. The summed E-state index contributed by atoms with van der Waals surface area (Å²) >= 11 is 0. The molecule has 0 fully saturated rings. The van der Waals surface area contributed by atoms with Crippen LogP contribution in [0.2, 0.25) is 0 Å². The Balaban J connectivity index is 1.88. The zero-order chi connectivity index (χ0) is 17.0. The van der Waals surface area contributed by atoms with Gasteiger partial charge in [-0.15, -0.1) is 0 Å². The van der Waals surface area contributed by atoms with E-state index in [0.717, 1.165) is 11.0 Å². The van der Waals surface area contributed by atoms with Crippen LogP contribution < -0.4 is 16.4 Å². The van der Waals surface area contributed by atoms with Gasteiger partial charge in [0, 0.05) is 0 Å². The van der Waals surface area contributed by atoms with Crippen molar-refractivity contribution in [2.45, 2.75) is 32.9 Å². The van der Waals surface area contributed by atoms with E-state index in [1.54, 1.807) is 0 Å². The second-order valence-corrected chi connectivity index (χ2v) is 5.92. The standard InChI is InChI=1S/C16H23N5O2/c1-9(2)14(17)16(23)18-8-13(22)19-10(3)15-20-11-6-4-5-7-12(11)21-15/h4-7,9-10,14H,8,17H2,1-3H3,(H,18,23)(H,19,22)(H,20,21)/t10?,14-/m0/s1. The summed E-state index contributed by atoms with van der Waals surface area (Å²) < 4.78 is 0. The van der Waals surface area contributed by atoms with E-state index in [9.17, 15) is 9.59 Å². The van der Waals surface area contributed by atoms with Crippen LogP contribution in [0.15, 0.2) is 24.3 Å². The van der Waals surface area contributed by atoms with Crippen molar-refractivity contribution < 1.29 is 9.59 Å². The Labute approximate surface area is 135 Å². The molecule has 0 bridgehead atoms. The molecule has 7 heteroatoms. The van der Waals surface area contributed by atoms with Crippen LogP contribution in [0.25, 0.3) is 11.0 Å². The molecule has 0 saturated carbocycles. The van der Waals surface area contributed by atoms with Crippen molar-refractivity contribution >= 4 is 22.8 Å². The average Bonchev–Trinajstić information content (AvgIpc) is 2.95. The molecule has 5 N–H and O–H groups in total. The fourth-order valence-electron chi connectivity index (χ4n) is 2.13. The molecule has 0 saturated heterocycles. The highest BCUT2D eigenvalue weighted by Gasteiger charge is 2.18. The van der Waals surface area contributed by atoms with Crippen LogP contribution >= 0.6 is 0 Å². The van der Waals surface area contributed by atoms with Gasteiger partial charge in [0.1, 0.15) is 5.82 Å². The minimum Gasteiger partial charge on any atom is -0.346 e. The largest absolute Gasteiger partial charge is 0.346 e. The Morgan fingerprint density at radius 2 is 1.96 bits per heavy atom. The fraction of sp³-hybridized carbons (Fsp3) is 0.438. The van der Waals surface area contributed by atoms with E-state index in [1.165, 1.54) is 0 Å². The van der Waals surface area contributed by atoms with Crippen LogP contribution in [0.5, 0.6) is 0 Å². The molecule has 2 rings (SSSR count). The summed E-state index contributed by atoms with van der Waals surface area (Å²) in [4.78, 5) is 31.3. The van der Waals surface area contributed by atoms with Crippen molar-refractivity contribution in [1.82, 2.24) is 20.6 Å². The number of nitrogens with one attached hydrogen (secondary N) is 3. The lowest BCUT2D eigenvalue weighted by molar-refractivity contribution is -0.127. The van der Waals surface area contributed by atoms with Crippen molar-refractivity contribution in [1.29, 1.82) is 0 Å². The summed E-state index contributed by atoms with van der Waals surface area (Å²) in [6.07, 6.45) is 0. The molecule has 0 aliphatic carbocycles. The number of H-pyrrole nitrogens is 1. The van der Waals surface area contributed by atoms with Crippen LogP contribution in [-0.2, 0) is 9.59 Å². The highest BCUT2D eigenvalue weighted by atomic mass is 16.2. The van der Waals surface area contributed by atoms with Crippen molar-refractivity contribution in [3.8, 4) is 0 Å². The number of carbonyl (C=O) groups is 2. The number of imidazole rings is 1. The summed E-state index contributed by atoms with van der Waals surface area (Å²) in [5.74, 6) is 0.0751. The van der Waals surface area contributed by atoms with Crippen LogP contribution in [0, 0.1) is 5.92 Å². The van der Waals surface area contributed by atoms with Crippen LogP contribution in [0.1, 0.15) is 32.6 Å². The third-order valence-corrected chi connectivity index (χ3v) is 3.64. The number of amides is 2. The third-order valence-electron chi connectivity index (χ3n) is 3.64. The third kappa shape index (κ3) is 4.29. The molecule has 7 nitrogen and oxygen atoms in total. The van der Waals surface area contributed by atoms with Gasteiger partial charge in [-0.2, -0.15) is 0 Å². The van der Waals surface area contributed by atoms with E-state index in [2.05, 4.69) is 20.6 Å². The molecular weight excluding hydrogens is 294 g/mol. The summed E-state index contributed by atoms with van der Waals surface area (Å²) in [6, 6.07) is 6.75. The van der Waals surface area contributed by atoms with E-state index >= 15 is 0 Å². The molecular formula is C16H23N5O2. The molecule has 1 aromatic carbocycles. The molecule has 0 radical (unpaired) electrons. The summed E-state index contributed by atoms with van der Waals surface area (Å²) in [5, 5.41) is 5.33. The number of carbonyl (C=O) groups excluding carboxylic acids is 2. The van der Waals surface area contributed by atoms with Crippen LogP contribution in [0.4, 0.5) is 0 Å². The number of para-hydroxylation sites is 2. The van der Waals surface area contributed by atoms with E-state index in [4.69, 9.17) is 5.73 Å². The average molecular weight is 317 g/mol. The summed E-state index contributed by atoms with van der Waals surface area (Å²) in [6.45, 7) is 5.43. The lowest BCUT2D eigenvalue weighted by Crippen LogP contribution is -2.47. The SMILES string of the molecule is CC(NC(=O)CNC(=O)[C@@H](N)C(C)C)c1nc2ccccc2[nH]1. The molecule has 0 aliphatic rings. The molecule has 0 aliphatic heterocycles. The number of rotatable bonds is 6. The first-order chi connectivity index (χ1) is 10.9. The van der Waals surface area contributed by atoms with Gasteiger partial charge in [-0.25, -0.2) is 4.98 Å². The second-order valence-electron chi connectivity index (χ2n) is 5.92. The van der Waals surface area contributed by atoms with Gasteiger partial charge in [0.05, 0.1) is 29.7 Å². The maximum atomic E-state index is 11.9. The Hall–Kier alpha value is -2.41. The Morgan fingerprint density at radius 3 is 2.61 bits per heavy atom. The van der Waals surface area contributed by atoms with E-state index < -0.39 is 6.04 Å². The molecule has 1 heterocycles. The molecule has 1 unspecified atom stereocenters. The number of nitrogens with two attached hydrogens (primary N) is 1. The zero-order valence-electron chi connectivity index (χ0n) is 13.6. The van der Waals surface area contributed by atoms with Crippen molar-refractivity contribution in [2.24, 2.45) is 11.7 Å². The monoisotopic (exact) mass is 317 g/mol. The highest BCUT2D eigenvalue weighted by Crippen LogP contribution is 2.15. The minimum absolute atomic E-state index is 0.0209. The molecule has 0 spiro atoms. The number of aromatic amines is 1. The minimum atomic E-state index is -0.615. The lowest BCUT2D eigenvalue weighted by atomic mass is 10.1. The number of aromatic nitrogens is 2. The van der Waals surface area contributed by atoms with Gasteiger partial charge >= 0.3 is 0 Å². The Bertz CT molecular complexity index is 662. The number of hydrogen-bond donors (Lipinski definition) is 4. The first kappa shape index (κ1) is 17.0. The number of benzene rings is 1. The van der Waals surface area contributed by atoms with Crippen LogP contribution in [0.3, 0.4) is 0 Å². The van der Waals surface area contributed by atoms with Gasteiger partial charge in [-0.1, -0.05) is 26.0 Å². The highest BCUT2D eigenvalue weighted by molar-refractivity contribution is 5.87. The van der Waals surface area contributed by atoms with Gasteiger partial charge in [0.15, 0.2) is 0 Å². The summed E-state index contributed by atoms with van der Waals surface area (Å²) in [7, 11) is 0. The first-order valence-electron chi connectivity index (χ1n) is 7.65. The van der Waals surface area contributed by atoms with Crippen molar-refractivity contribution in [2.75, 3.05) is 6.54 Å². The van der Waals surface area contributed by atoms with Crippen LogP contribution in [-0.4, -0.2) is 34.4 Å². The maximum Gasteiger partial charge on any atom is 0.239 e. The van der Waals surface area contributed by atoms with E-state index in [-0.39, 0.29) is 30.3 Å². The van der Waals surface area contributed by atoms with Gasteiger partial charge in [-0.05, 0) is 25.0 Å². The Kier molecular flexibility index (Phi) is 5.33. The topological polar surface area (TPSA) is 113 Å². The predicted molar refractivity (Wildman–Crippen MR) is 88.5 cm³/mol. The quantitative estimate of drug-likeness (QED) is 0.632. The summed E-state index contributed by atoms with van der Waals surface area (Å²) in [5.41, 5.74) is 7.49. The first-order valence-corrected chi connectivity index (χ1v) is 7.65. The van der Waals surface area contributed by atoms with Gasteiger partial charge in [-0.3, -0.25) is 9.59 Å². The second kappa shape index (κ2) is 7.23. The van der Waals surface area contributed by atoms with Gasteiger partial charge in [0.25, 0.3) is 0 Å². The smallest absolute Gasteiger partial charge is 0.239 e. The zero-order valence-corrected chi connectivity index (χ0v) is 13.6. The molecule has 124 valence electrons. The molecule has 23 heavy (non-hydrogen) atoms. The van der Waals surface area contributed by atoms with Crippen molar-refractivity contribution in [3.05, 3.63) is 30.1 Å². The molecule has 2 amide bonds. The fourth-order valence-corrected chi connectivity index (χ4v) is 2.13. The number of nitrogens with zero attached hydrogens (tertiary/aromatic N) is 1. The maximum absolute atomic E-state index is 11.9. The molecule has 2 atom stereocenters.